The third-order valence-corrected chi connectivity index (χ3v) is 8.31. The fourth-order valence-corrected chi connectivity index (χ4v) is 6.31. The molecule has 0 aliphatic carbocycles. The number of sulfonamides is 1. The van der Waals surface area contributed by atoms with Gasteiger partial charge in [0.15, 0.2) is 4.21 Å². The Hall–Kier alpha value is -4.21. The molecule has 2 aromatic heterocycles. The number of nitriles is 1. The van der Waals surface area contributed by atoms with Crippen molar-refractivity contribution in [1.82, 2.24) is 9.55 Å². The molecular formula is C23H19N5O5S2. The maximum Gasteiger partial charge on any atom is 0.337 e. The fourth-order valence-electron chi connectivity index (χ4n) is 3.76. The lowest BCUT2D eigenvalue weighted by atomic mass is 10.1. The Bertz CT molecular complexity index is 1660. The summed E-state index contributed by atoms with van der Waals surface area (Å²) in [5.41, 5.74) is 1.28. The Kier molecular flexibility index (Phi) is 6.06. The first-order chi connectivity index (χ1) is 16.5. The number of hydrogen-bond donors (Lipinski definition) is 3. The number of carbonyl (C=O) groups is 2. The third-order valence-electron chi connectivity index (χ3n) is 5.27. The molecule has 2 aromatic carbocycles. The van der Waals surface area contributed by atoms with Gasteiger partial charge in [-0.15, -0.1) is 11.3 Å². The number of hydrogen-bond acceptors (Lipinski definition) is 7. The van der Waals surface area contributed by atoms with E-state index < -0.39 is 21.9 Å². The number of aryl methyl sites for hydroxylation is 3. The molecule has 0 unspecified atom stereocenters. The number of nitrogens with zero attached hydrogens (tertiary/aromatic N) is 3. The molecule has 4 aromatic rings. The molecule has 12 heteroatoms. The zero-order valence-electron chi connectivity index (χ0n) is 18.8. The molecule has 0 saturated heterocycles. The van der Waals surface area contributed by atoms with Crippen molar-refractivity contribution in [3.63, 3.8) is 0 Å². The highest BCUT2D eigenvalue weighted by Gasteiger charge is 2.24. The molecule has 0 fully saturated rings. The SMILES string of the molecule is Cc1nc(C)c(S(=O)(=O)Nc2cccc3cc(C(=O)Nc4ccc(C#N)cc4C(=O)O)n(C)c23)s1. The van der Waals surface area contributed by atoms with Crippen molar-refractivity contribution < 1.29 is 23.1 Å². The van der Waals surface area contributed by atoms with E-state index >= 15 is 0 Å². The molecule has 1 amide bonds. The van der Waals surface area contributed by atoms with Crippen molar-refractivity contribution in [2.45, 2.75) is 18.1 Å². The summed E-state index contributed by atoms with van der Waals surface area (Å²) < 4.78 is 30.3. The number of carbonyl (C=O) groups excluding carboxylic acids is 1. The van der Waals surface area contributed by atoms with Crippen LogP contribution in [0.5, 0.6) is 0 Å². The van der Waals surface area contributed by atoms with Gasteiger partial charge in [-0.3, -0.25) is 9.52 Å². The average molecular weight is 510 g/mol. The molecule has 10 nitrogen and oxygen atoms in total. The van der Waals surface area contributed by atoms with Crippen LogP contribution in [0.2, 0.25) is 0 Å². The summed E-state index contributed by atoms with van der Waals surface area (Å²) in [6.45, 7) is 3.35. The van der Waals surface area contributed by atoms with E-state index in [1.165, 1.54) is 22.8 Å². The van der Waals surface area contributed by atoms with Crippen molar-refractivity contribution in [2.75, 3.05) is 10.0 Å². The van der Waals surface area contributed by atoms with Crippen LogP contribution in [-0.4, -0.2) is 35.0 Å². The maximum absolute atomic E-state index is 13.1. The molecule has 4 rings (SSSR count). The van der Waals surface area contributed by atoms with Crippen LogP contribution in [0.3, 0.4) is 0 Å². The van der Waals surface area contributed by atoms with Crippen molar-refractivity contribution in [3.8, 4) is 6.07 Å². The largest absolute Gasteiger partial charge is 0.478 e. The smallest absolute Gasteiger partial charge is 0.337 e. The number of aromatic nitrogens is 2. The molecule has 0 atom stereocenters. The van der Waals surface area contributed by atoms with Crippen LogP contribution >= 0.6 is 11.3 Å². The van der Waals surface area contributed by atoms with Gasteiger partial charge in [-0.05, 0) is 44.2 Å². The Labute approximate surface area is 204 Å². The number of aromatic carboxylic acids is 1. The highest BCUT2D eigenvalue weighted by Crippen LogP contribution is 2.31. The van der Waals surface area contributed by atoms with Crippen LogP contribution in [0, 0.1) is 25.2 Å². The number of anilines is 2. The van der Waals surface area contributed by atoms with Crippen LogP contribution in [0.1, 0.15) is 37.1 Å². The van der Waals surface area contributed by atoms with E-state index in [9.17, 15) is 23.1 Å². The van der Waals surface area contributed by atoms with Crippen molar-refractivity contribution in [3.05, 3.63) is 70.0 Å². The number of nitrogens with one attached hydrogen (secondary N) is 2. The summed E-state index contributed by atoms with van der Waals surface area (Å²) in [6, 6.07) is 12.4. The van der Waals surface area contributed by atoms with Crippen molar-refractivity contribution >= 4 is 55.5 Å². The minimum absolute atomic E-state index is 0.0312. The number of thiazole rings is 1. The molecule has 0 saturated carbocycles. The molecule has 0 aliphatic rings. The lowest BCUT2D eigenvalue weighted by Crippen LogP contribution is -2.18. The van der Waals surface area contributed by atoms with Gasteiger partial charge in [-0.25, -0.2) is 18.2 Å². The highest BCUT2D eigenvalue weighted by atomic mass is 32.2. The lowest BCUT2D eigenvalue weighted by Gasteiger charge is -2.12. The van der Waals surface area contributed by atoms with Gasteiger partial charge in [0.2, 0.25) is 0 Å². The zero-order valence-corrected chi connectivity index (χ0v) is 20.4. The summed E-state index contributed by atoms with van der Waals surface area (Å²) >= 11 is 1.07. The first-order valence-electron chi connectivity index (χ1n) is 10.2. The van der Waals surface area contributed by atoms with Gasteiger partial charge in [0.05, 0.1) is 44.8 Å². The molecule has 178 valence electrons. The number of para-hydroxylation sites is 1. The monoisotopic (exact) mass is 509 g/mol. The number of amides is 1. The second-order valence-electron chi connectivity index (χ2n) is 7.67. The van der Waals surface area contributed by atoms with Crippen molar-refractivity contribution in [1.29, 1.82) is 5.26 Å². The van der Waals surface area contributed by atoms with E-state index in [-0.39, 0.29) is 32.4 Å². The number of carboxylic acid groups (broad SMARTS) is 1. The Morgan fingerprint density at radius 1 is 1.14 bits per heavy atom. The first-order valence-corrected chi connectivity index (χ1v) is 12.5. The molecule has 0 radical (unpaired) electrons. The zero-order chi connectivity index (χ0) is 25.5. The minimum atomic E-state index is -3.91. The summed E-state index contributed by atoms with van der Waals surface area (Å²) in [5, 5.41) is 22.3. The van der Waals surface area contributed by atoms with E-state index in [0.717, 1.165) is 11.3 Å². The number of carboxylic acids is 1. The first kappa shape index (κ1) is 23.9. The third kappa shape index (κ3) is 4.46. The predicted molar refractivity (Wildman–Crippen MR) is 131 cm³/mol. The van der Waals surface area contributed by atoms with E-state index in [1.54, 1.807) is 45.2 Å². The van der Waals surface area contributed by atoms with Gasteiger partial charge in [-0.1, -0.05) is 12.1 Å². The number of rotatable bonds is 6. The fraction of sp³-hybridized carbons (Fsp3) is 0.130. The standard InChI is InChI=1S/C23H19N5O5S2/c1-12-23(34-13(2)25-12)35(32,33)27-18-6-4-5-15-10-19(28(3)20(15)18)21(29)26-17-8-7-14(11-24)9-16(17)22(30)31/h4-10,27H,1-3H3,(H,26,29)(H,30,31). The Morgan fingerprint density at radius 3 is 2.51 bits per heavy atom. The van der Waals surface area contributed by atoms with Crippen LogP contribution in [0.4, 0.5) is 11.4 Å². The van der Waals surface area contributed by atoms with E-state index in [1.807, 2.05) is 6.07 Å². The molecule has 0 spiro atoms. The van der Waals surface area contributed by atoms with E-state index in [4.69, 9.17) is 5.26 Å². The number of fused-ring (bicyclic) bond motifs is 1. The Balaban J connectivity index is 1.72. The van der Waals surface area contributed by atoms with E-state index in [0.29, 0.717) is 21.6 Å². The molecular weight excluding hydrogens is 490 g/mol. The van der Waals surface area contributed by atoms with Gasteiger partial charge < -0.3 is 15.0 Å². The van der Waals surface area contributed by atoms with Crippen LogP contribution in [0.25, 0.3) is 10.9 Å². The van der Waals surface area contributed by atoms with Crippen LogP contribution in [0.15, 0.2) is 46.7 Å². The van der Waals surface area contributed by atoms with Gasteiger partial charge in [-0.2, -0.15) is 5.26 Å². The second-order valence-corrected chi connectivity index (χ2v) is 10.8. The molecule has 35 heavy (non-hydrogen) atoms. The lowest BCUT2D eigenvalue weighted by molar-refractivity contribution is 0.0698. The van der Waals surface area contributed by atoms with Crippen molar-refractivity contribution in [2.24, 2.45) is 7.05 Å². The van der Waals surface area contributed by atoms with Gasteiger partial charge in [0.25, 0.3) is 15.9 Å². The predicted octanol–water partition coefficient (Wildman–Crippen LogP) is 3.87. The normalized spacial score (nSPS) is 11.3. The highest BCUT2D eigenvalue weighted by molar-refractivity contribution is 7.94. The minimum Gasteiger partial charge on any atom is -0.478 e. The molecule has 0 aliphatic heterocycles. The van der Waals surface area contributed by atoms with E-state index in [2.05, 4.69) is 15.0 Å². The average Bonchev–Trinajstić information content (AvgIpc) is 3.33. The summed E-state index contributed by atoms with van der Waals surface area (Å²) in [6.07, 6.45) is 0. The van der Waals surface area contributed by atoms with Gasteiger partial charge in [0, 0.05) is 12.4 Å². The second kappa shape index (κ2) is 8.86. The maximum atomic E-state index is 13.1. The summed E-state index contributed by atoms with van der Waals surface area (Å²) in [4.78, 5) is 28.8. The van der Waals surface area contributed by atoms with Crippen LogP contribution in [-0.2, 0) is 17.1 Å². The topological polar surface area (TPSA) is 154 Å². The summed E-state index contributed by atoms with van der Waals surface area (Å²) in [5.74, 6) is -1.89. The molecule has 3 N–H and O–H groups in total. The quantitative estimate of drug-likeness (QED) is 0.356. The molecule has 0 bridgehead atoms. The molecule has 2 heterocycles. The Morgan fingerprint density at radius 2 is 1.89 bits per heavy atom. The van der Waals surface area contributed by atoms with Gasteiger partial charge >= 0.3 is 5.97 Å². The van der Waals surface area contributed by atoms with Gasteiger partial charge in [0.1, 0.15) is 5.69 Å². The van der Waals surface area contributed by atoms with Crippen LogP contribution < -0.4 is 10.0 Å². The summed E-state index contributed by atoms with van der Waals surface area (Å²) in [7, 11) is -2.31. The number of benzene rings is 2.